The minimum Gasteiger partial charge on any atom is -0.493 e. The molecule has 1 fully saturated rings. The molecule has 1 unspecified atom stereocenters. The van der Waals surface area contributed by atoms with Crippen molar-refractivity contribution in [3.8, 4) is 11.5 Å². The Morgan fingerprint density at radius 1 is 0.977 bits per heavy atom. The highest BCUT2D eigenvalue weighted by Gasteiger charge is 2.42. The summed E-state index contributed by atoms with van der Waals surface area (Å²) >= 11 is 1.43. The van der Waals surface area contributed by atoms with E-state index >= 15 is 0 Å². The highest BCUT2D eigenvalue weighted by atomic mass is 32.2. The van der Waals surface area contributed by atoms with Crippen LogP contribution in [0.4, 0.5) is 0 Å². The number of benzene rings is 2. The van der Waals surface area contributed by atoms with Gasteiger partial charge in [-0.25, -0.2) is 9.79 Å². The van der Waals surface area contributed by atoms with Gasteiger partial charge < -0.3 is 28.9 Å². The highest BCUT2D eigenvalue weighted by Crippen LogP contribution is 2.47. The molecule has 226 valence electrons. The van der Waals surface area contributed by atoms with Crippen LogP contribution < -0.4 is 9.47 Å². The second kappa shape index (κ2) is 13.4. The summed E-state index contributed by atoms with van der Waals surface area (Å²) in [6.45, 7) is 5.87. The number of carbonyl (C=O) groups is 3. The summed E-state index contributed by atoms with van der Waals surface area (Å²) in [7, 11) is 2.94. The maximum atomic E-state index is 13.4. The Labute approximate surface area is 256 Å². The Hall–Kier alpha value is -4.25. The molecular formula is C32H36N4O6S. The highest BCUT2D eigenvalue weighted by molar-refractivity contribution is 8.16. The third-order valence-electron chi connectivity index (χ3n) is 7.78. The molecule has 0 N–H and O–H groups in total. The average Bonchev–Trinajstić information content (AvgIpc) is 3.44. The molecular weight excluding hydrogens is 568 g/mol. The topological polar surface area (TPSA) is 101 Å². The molecule has 2 aromatic rings. The van der Waals surface area contributed by atoms with Gasteiger partial charge in [0.25, 0.3) is 0 Å². The van der Waals surface area contributed by atoms with Crippen molar-refractivity contribution < 1.29 is 28.6 Å². The molecule has 1 saturated heterocycles. The molecule has 0 bridgehead atoms. The summed E-state index contributed by atoms with van der Waals surface area (Å²) in [5.41, 5.74) is 3.61. The number of carbonyl (C=O) groups excluding carboxylic acids is 3. The minimum absolute atomic E-state index is 0.0137. The molecule has 0 aromatic heterocycles. The van der Waals surface area contributed by atoms with Crippen molar-refractivity contribution in [2.75, 3.05) is 40.4 Å². The van der Waals surface area contributed by atoms with Gasteiger partial charge in [-0.15, -0.1) is 0 Å². The number of rotatable bonds is 9. The second-order valence-electron chi connectivity index (χ2n) is 10.3. The second-order valence-corrected chi connectivity index (χ2v) is 11.2. The lowest BCUT2D eigenvalue weighted by Gasteiger charge is -2.38. The number of piperazine rings is 1. The minimum atomic E-state index is -0.587. The fourth-order valence-electron chi connectivity index (χ4n) is 5.47. The number of nitrogens with zero attached hydrogens (tertiary/aromatic N) is 4. The van der Waals surface area contributed by atoms with Gasteiger partial charge in [-0.05, 0) is 35.1 Å². The number of hydrogen-bond donors (Lipinski definition) is 0. The molecule has 3 heterocycles. The van der Waals surface area contributed by atoms with Crippen LogP contribution in [0.1, 0.15) is 43.9 Å². The average molecular weight is 605 g/mol. The Morgan fingerprint density at radius 3 is 2.35 bits per heavy atom. The van der Waals surface area contributed by atoms with E-state index in [0.29, 0.717) is 67.1 Å². The number of hydrogen-bond acceptors (Lipinski definition) is 9. The first-order chi connectivity index (χ1) is 20.8. The number of fused-ring (bicyclic) bond motifs is 1. The normalized spacial score (nSPS) is 18.1. The van der Waals surface area contributed by atoms with E-state index in [1.54, 1.807) is 23.8 Å². The molecule has 0 aliphatic carbocycles. The largest absolute Gasteiger partial charge is 0.493 e. The molecule has 2 amide bonds. The molecule has 0 spiro atoms. The smallest absolute Gasteiger partial charge is 0.338 e. The maximum absolute atomic E-state index is 13.4. The van der Waals surface area contributed by atoms with Crippen molar-refractivity contribution in [1.82, 2.24) is 14.7 Å². The van der Waals surface area contributed by atoms with Gasteiger partial charge in [0.05, 0.1) is 38.0 Å². The Bertz CT molecular complexity index is 1480. The van der Waals surface area contributed by atoms with E-state index in [0.717, 1.165) is 16.8 Å². The van der Waals surface area contributed by atoms with Crippen LogP contribution in [0.25, 0.3) is 0 Å². The molecule has 3 aliphatic heterocycles. The van der Waals surface area contributed by atoms with Crippen LogP contribution in [0.3, 0.4) is 0 Å². The molecule has 3 aliphatic rings. The van der Waals surface area contributed by atoms with Crippen LogP contribution >= 0.6 is 11.8 Å². The first kappa shape index (κ1) is 30.2. The Morgan fingerprint density at radius 2 is 1.70 bits per heavy atom. The number of aliphatic imine (C=N–C) groups is 1. The van der Waals surface area contributed by atoms with Crippen molar-refractivity contribution in [2.24, 2.45) is 4.99 Å². The zero-order valence-corrected chi connectivity index (χ0v) is 25.7. The quantitative estimate of drug-likeness (QED) is 0.386. The summed E-state index contributed by atoms with van der Waals surface area (Å²) in [4.78, 5) is 48.8. The van der Waals surface area contributed by atoms with Gasteiger partial charge in [-0.2, -0.15) is 0 Å². The van der Waals surface area contributed by atoms with Crippen LogP contribution in [0.15, 0.2) is 75.9 Å². The number of ether oxygens (including phenoxy) is 3. The molecule has 43 heavy (non-hydrogen) atoms. The van der Waals surface area contributed by atoms with Gasteiger partial charge >= 0.3 is 5.97 Å². The number of methoxy groups -OCH3 is 2. The van der Waals surface area contributed by atoms with Crippen LogP contribution in [0, 0.1) is 0 Å². The van der Waals surface area contributed by atoms with Gasteiger partial charge in [0.1, 0.15) is 6.61 Å². The first-order valence-corrected chi connectivity index (χ1v) is 15.2. The number of amides is 2. The molecule has 1 atom stereocenters. The van der Waals surface area contributed by atoms with Crippen LogP contribution in [-0.4, -0.2) is 78.0 Å². The molecule has 11 heteroatoms. The van der Waals surface area contributed by atoms with E-state index in [1.165, 1.54) is 18.9 Å². The van der Waals surface area contributed by atoms with Crippen molar-refractivity contribution in [3.63, 3.8) is 0 Å². The van der Waals surface area contributed by atoms with E-state index in [1.807, 2.05) is 65.8 Å². The first-order valence-electron chi connectivity index (χ1n) is 14.3. The monoisotopic (exact) mass is 604 g/mol. The maximum Gasteiger partial charge on any atom is 0.338 e. The molecule has 0 saturated carbocycles. The lowest BCUT2D eigenvalue weighted by molar-refractivity contribution is -0.138. The zero-order chi connectivity index (χ0) is 30.5. The van der Waals surface area contributed by atoms with Gasteiger partial charge in [-0.1, -0.05) is 55.1 Å². The van der Waals surface area contributed by atoms with E-state index in [9.17, 15) is 14.4 Å². The molecule has 0 radical (unpaired) electrons. The summed E-state index contributed by atoms with van der Waals surface area (Å²) in [5.74, 6) is 0.597. The predicted octanol–water partition coefficient (Wildman–Crippen LogP) is 4.49. The third kappa shape index (κ3) is 6.41. The fourth-order valence-corrected chi connectivity index (χ4v) is 6.41. The van der Waals surface area contributed by atoms with Crippen molar-refractivity contribution in [2.45, 2.75) is 39.3 Å². The number of allylic oxidation sites excluding steroid dienone is 1. The lowest BCUT2D eigenvalue weighted by atomic mass is 9.92. The number of esters is 1. The van der Waals surface area contributed by atoms with Gasteiger partial charge in [-0.3, -0.25) is 9.59 Å². The van der Waals surface area contributed by atoms with Gasteiger partial charge in [0, 0.05) is 38.8 Å². The van der Waals surface area contributed by atoms with E-state index < -0.39 is 12.0 Å². The van der Waals surface area contributed by atoms with E-state index in [2.05, 4.69) is 0 Å². The number of thioether (sulfide) groups is 1. The van der Waals surface area contributed by atoms with Crippen LogP contribution in [0.5, 0.6) is 11.5 Å². The third-order valence-corrected chi connectivity index (χ3v) is 8.67. The summed E-state index contributed by atoms with van der Waals surface area (Å²) in [5, 5.41) is 2.62. The van der Waals surface area contributed by atoms with E-state index in [4.69, 9.17) is 19.2 Å². The molecule has 5 rings (SSSR count). The number of amidine groups is 1. The standard InChI is InChI=1S/C32H36N4O6S/c1-5-25-29(31(39)41-4)30(23-11-12-26(27(17-23)40-3)42-19-22-9-7-6-8-10-22)36-24(20-43-32(36)33-25)18-28(38)35-15-13-34(14-16-35)21(2)37/h6-12,17,20,30H,5,13-16,18-19H2,1-4H3. The summed E-state index contributed by atoms with van der Waals surface area (Å²) in [6, 6.07) is 14.9. The predicted molar refractivity (Wildman–Crippen MR) is 164 cm³/mol. The van der Waals surface area contributed by atoms with E-state index in [-0.39, 0.29) is 18.2 Å². The van der Waals surface area contributed by atoms with Crippen molar-refractivity contribution >= 4 is 34.7 Å². The lowest BCUT2D eigenvalue weighted by Crippen LogP contribution is -2.50. The molecule has 10 nitrogen and oxygen atoms in total. The van der Waals surface area contributed by atoms with Crippen molar-refractivity contribution in [1.29, 1.82) is 0 Å². The zero-order valence-electron chi connectivity index (χ0n) is 24.9. The van der Waals surface area contributed by atoms with Crippen LogP contribution in [-0.2, 0) is 25.7 Å². The summed E-state index contributed by atoms with van der Waals surface area (Å²) < 4.78 is 17.1. The van der Waals surface area contributed by atoms with Gasteiger partial charge in [0.15, 0.2) is 16.7 Å². The Balaban J connectivity index is 1.45. The van der Waals surface area contributed by atoms with Gasteiger partial charge in [0.2, 0.25) is 11.8 Å². The van der Waals surface area contributed by atoms with Crippen LogP contribution in [0.2, 0.25) is 0 Å². The fraction of sp³-hybridized carbons (Fsp3) is 0.375. The Kier molecular flexibility index (Phi) is 9.40. The molecule has 2 aromatic carbocycles. The SMILES string of the molecule is CCC1=C(C(=O)OC)C(c2ccc(OCc3ccccc3)c(OC)c2)N2C(CC(=O)N3CCN(C(C)=O)CC3)=CSC2=N1. The summed E-state index contributed by atoms with van der Waals surface area (Å²) in [6.07, 6.45) is 0.664. The van der Waals surface area contributed by atoms with Crippen molar-refractivity contribution in [3.05, 3.63) is 82.0 Å².